The number of carbonyl (C=O) groups excluding carboxylic acids is 1. The van der Waals surface area contributed by atoms with Gasteiger partial charge in [0.1, 0.15) is 11.2 Å². The number of aromatic nitrogens is 1. The second-order valence-corrected chi connectivity index (χ2v) is 4.95. The predicted octanol–water partition coefficient (Wildman–Crippen LogP) is 2.92. The van der Waals surface area contributed by atoms with Gasteiger partial charge >= 0.3 is 12.1 Å². The minimum atomic E-state index is -1.45. The largest absolute Gasteiger partial charge is 0.478 e. The lowest BCUT2D eigenvalue weighted by Crippen LogP contribution is -2.28. The maximum Gasteiger partial charge on any atom is 0.413 e. The van der Waals surface area contributed by atoms with Crippen molar-refractivity contribution in [2.45, 2.75) is 26.4 Å². The van der Waals surface area contributed by atoms with Gasteiger partial charge in [-0.1, -0.05) is 11.6 Å². The highest BCUT2D eigenvalue weighted by atomic mass is 35.5. The molecule has 1 aromatic heterocycles. The lowest BCUT2D eigenvalue weighted by atomic mass is 10.2. The van der Waals surface area contributed by atoms with Gasteiger partial charge in [0.05, 0.1) is 0 Å². The maximum absolute atomic E-state index is 13.1. The molecule has 0 spiro atoms. The molecular weight excluding hydrogens is 279 g/mol. The minimum Gasteiger partial charge on any atom is -0.478 e. The normalized spacial score (nSPS) is 11.0. The molecule has 0 saturated carbocycles. The second-order valence-electron chi connectivity index (χ2n) is 4.59. The first-order chi connectivity index (χ1) is 8.60. The summed E-state index contributed by atoms with van der Waals surface area (Å²) in [5, 5.41) is 10.5. The molecule has 0 bridgehead atoms. The molecule has 19 heavy (non-hydrogen) atoms. The van der Waals surface area contributed by atoms with Gasteiger partial charge in [0.2, 0.25) is 0 Å². The van der Waals surface area contributed by atoms with Gasteiger partial charge in [-0.25, -0.2) is 19.0 Å². The number of nitrogens with one attached hydrogen (secondary N) is 1. The first-order valence-electron chi connectivity index (χ1n) is 5.19. The van der Waals surface area contributed by atoms with Crippen molar-refractivity contribution in [1.82, 2.24) is 4.98 Å². The van der Waals surface area contributed by atoms with E-state index in [0.717, 1.165) is 0 Å². The maximum atomic E-state index is 13.1. The van der Waals surface area contributed by atoms with Gasteiger partial charge in [-0.3, -0.25) is 5.32 Å². The molecule has 2 N–H and O–H groups in total. The van der Waals surface area contributed by atoms with E-state index in [1.54, 1.807) is 20.8 Å². The molecule has 1 aromatic rings. The summed E-state index contributed by atoms with van der Waals surface area (Å²) < 4.78 is 18.1. The molecular formula is C11H12ClFN2O4. The van der Waals surface area contributed by atoms with E-state index in [4.69, 9.17) is 21.4 Å². The lowest BCUT2D eigenvalue weighted by molar-refractivity contribution is 0.0635. The van der Waals surface area contributed by atoms with Crippen LogP contribution in [-0.4, -0.2) is 27.8 Å². The Morgan fingerprint density at radius 1 is 1.47 bits per heavy atom. The molecule has 8 heteroatoms. The van der Waals surface area contributed by atoms with Crippen molar-refractivity contribution in [3.63, 3.8) is 0 Å². The lowest BCUT2D eigenvalue weighted by Gasteiger charge is -2.19. The third-order valence-corrected chi connectivity index (χ3v) is 2.05. The Kier molecular flexibility index (Phi) is 4.31. The van der Waals surface area contributed by atoms with Crippen LogP contribution in [0.2, 0.25) is 5.15 Å². The molecule has 0 fully saturated rings. The number of carboxylic acid groups (broad SMARTS) is 1. The van der Waals surface area contributed by atoms with E-state index >= 15 is 0 Å². The third-order valence-electron chi connectivity index (χ3n) is 1.78. The van der Waals surface area contributed by atoms with Crippen LogP contribution in [0.5, 0.6) is 0 Å². The fraction of sp³-hybridized carbons (Fsp3) is 0.364. The zero-order valence-electron chi connectivity index (χ0n) is 10.5. The monoisotopic (exact) mass is 290 g/mol. The van der Waals surface area contributed by atoms with E-state index in [1.165, 1.54) is 0 Å². The van der Waals surface area contributed by atoms with E-state index in [1.807, 2.05) is 0 Å². The molecule has 1 rings (SSSR count). The van der Waals surface area contributed by atoms with Crippen LogP contribution in [0.3, 0.4) is 0 Å². The Labute approximate surface area is 113 Å². The summed E-state index contributed by atoms with van der Waals surface area (Å²) in [5.74, 6) is -2.82. The molecule has 0 radical (unpaired) electrons. The number of amides is 1. The number of nitrogens with zero attached hydrogens (tertiary/aromatic N) is 1. The average molecular weight is 291 g/mol. The summed E-state index contributed by atoms with van der Waals surface area (Å²) in [7, 11) is 0. The SMILES string of the molecule is CC(C)(C)OC(=O)Nc1nc(Cl)c(F)cc1C(=O)O. The van der Waals surface area contributed by atoms with Crippen LogP contribution in [0.25, 0.3) is 0 Å². The quantitative estimate of drug-likeness (QED) is 0.818. The summed E-state index contributed by atoms with van der Waals surface area (Å²) >= 11 is 5.44. The number of carbonyl (C=O) groups is 2. The van der Waals surface area contributed by atoms with Gasteiger partial charge in [-0.05, 0) is 26.8 Å². The number of anilines is 1. The number of pyridine rings is 1. The Bertz CT molecular complexity index is 528. The topological polar surface area (TPSA) is 88.5 Å². The van der Waals surface area contributed by atoms with E-state index < -0.39 is 34.2 Å². The average Bonchev–Trinajstić information content (AvgIpc) is 2.19. The van der Waals surface area contributed by atoms with Crippen LogP contribution in [0.4, 0.5) is 15.0 Å². The van der Waals surface area contributed by atoms with Crippen molar-refractivity contribution in [3.8, 4) is 0 Å². The molecule has 0 aliphatic heterocycles. The smallest absolute Gasteiger partial charge is 0.413 e. The van der Waals surface area contributed by atoms with Crippen molar-refractivity contribution in [2.75, 3.05) is 5.32 Å². The number of hydrogen-bond acceptors (Lipinski definition) is 4. The number of hydrogen-bond donors (Lipinski definition) is 2. The fourth-order valence-corrected chi connectivity index (χ4v) is 1.26. The van der Waals surface area contributed by atoms with Crippen molar-refractivity contribution >= 4 is 29.5 Å². The highest BCUT2D eigenvalue weighted by Gasteiger charge is 2.21. The Hall–Kier alpha value is -1.89. The number of carboxylic acids is 1. The third kappa shape index (κ3) is 4.36. The van der Waals surface area contributed by atoms with Crippen LogP contribution < -0.4 is 5.32 Å². The van der Waals surface area contributed by atoms with Gasteiger partial charge in [0, 0.05) is 0 Å². The summed E-state index contributed by atoms with van der Waals surface area (Å²) in [6.45, 7) is 4.90. The van der Waals surface area contributed by atoms with Crippen LogP contribution in [0, 0.1) is 5.82 Å². The van der Waals surface area contributed by atoms with E-state index in [0.29, 0.717) is 6.07 Å². The standard InChI is InChI=1S/C11H12ClFN2O4/c1-11(2,3)19-10(18)15-8-5(9(16)17)4-6(13)7(12)14-8/h4H,1-3H3,(H,16,17)(H,14,15,18). The van der Waals surface area contributed by atoms with E-state index in [-0.39, 0.29) is 5.82 Å². The second kappa shape index (κ2) is 5.40. The first-order valence-corrected chi connectivity index (χ1v) is 5.57. The molecule has 0 unspecified atom stereocenters. The minimum absolute atomic E-state index is 0.381. The highest BCUT2D eigenvalue weighted by Crippen LogP contribution is 2.21. The van der Waals surface area contributed by atoms with Gasteiger partial charge in [0.15, 0.2) is 16.8 Å². The van der Waals surface area contributed by atoms with Crippen molar-refractivity contribution in [1.29, 1.82) is 0 Å². The Morgan fingerprint density at radius 2 is 2.05 bits per heavy atom. The highest BCUT2D eigenvalue weighted by molar-refractivity contribution is 6.29. The molecule has 6 nitrogen and oxygen atoms in total. The molecule has 0 aliphatic rings. The number of rotatable bonds is 2. The zero-order valence-corrected chi connectivity index (χ0v) is 11.2. The van der Waals surface area contributed by atoms with Crippen LogP contribution in [0.1, 0.15) is 31.1 Å². The molecule has 1 amide bonds. The molecule has 0 atom stereocenters. The number of aromatic carboxylic acids is 1. The molecule has 1 heterocycles. The van der Waals surface area contributed by atoms with Crippen LogP contribution in [-0.2, 0) is 4.74 Å². The van der Waals surface area contributed by atoms with E-state index in [2.05, 4.69) is 10.3 Å². The van der Waals surface area contributed by atoms with Gasteiger partial charge in [0.25, 0.3) is 0 Å². The van der Waals surface area contributed by atoms with Crippen molar-refractivity contribution < 1.29 is 23.8 Å². The molecule has 0 aliphatic carbocycles. The summed E-state index contributed by atoms with van der Waals surface area (Å²) in [4.78, 5) is 25.9. The van der Waals surface area contributed by atoms with Gasteiger partial charge < -0.3 is 9.84 Å². The molecule has 0 saturated heterocycles. The molecule has 0 aromatic carbocycles. The van der Waals surface area contributed by atoms with Gasteiger partial charge in [-0.15, -0.1) is 0 Å². The van der Waals surface area contributed by atoms with Gasteiger partial charge in [-0.2, -0.15) is 0 Å². The van der Waals surface area contributed by atoms with Crippen molar-refractivity contribution in [2.24, 2.45) is 0 Å². The first kappa shape index (κ1) is 15.2. The van der Waals surface area contributed by atoms with Crippen LogP contribution >= 0.6 is 11.6 Å². The zero-order chi connectivity index (χ0) is 14.8. The van der Waals surface area contributed by atoms with Crippen LogP contribution in [0.15, 0.2) is 6.07 Å². The molecule has 104 valence electrons. The Morgan fingerprint density at radius 3 is 2.53 bits per heavy atom. The fourth-order valence-electron chi connectivity index (χ4n) is 1.13. The number of halogens is 2. The van der Waals surface area contributed by atoms with E-state index in [9.17, 15) is 14.0 Å². The summed E-state index contributed by atoms with van der Waals surface area (Å²) in [5.41, 5.74) is -1.29. The number of ether oxygens (including phenoxy) is 1. The predicted molar refractivity (Wildman–Crippen MR) is 66.0 cm³/mol. The van der Waals surface area contributed by atoms with Crippen molar-refractivity contribution in [3.05, 3.63) is 22.6 Å². The summed E-state index contributed by atoms with van der Waals surface area (Å²) in [6.07, 6.45) is -0.912. The summed E-state index contributed by atoms with van der Waals surface area (Å²) in [6, 6.07) is 0.671. The Balaban J connectivity index is 3.03.